The fourth-order valence-electron chi connectivity index (χ4n) is 3.05. The van der Waals surface area contributed by atoms with Crippen LogP contribution in [0.5, 0.6) is 5.88 Å². The van der Waals surface area contributed by atoms with Crippen LogP contribution in [0.15, 0.2) is 12.1 Å². The molecule has 3 rings (SSSR count). The first-order valence-corrected chi connectivity index (χ1v) is 8.95. The van der Waals surface area contributed by atoms with Gasteiger partial charge in [0.2, 0.25) is 5.88 Å². The van der Waals surface area contributed by atoms with E-state index in [0.717, 1.165) is 40.0 Å². The minimum Gasteiger partial charge on any atom is -0.481 e. The number of hydrogen-bond donors (Lipinski definition) is 1. The molecule has 1 aliphatic heterocycles. The minimum atomic E-state index is 0.200. The van der Waals surface area contributed by atoms with Crippen molar-refractivity contribution in [3.05, 3.63) is 23.5 Å². The van der Waals surface area contributed by atoms with Gasteiger partial charge >= 0.3 is 0 Å². The molecule has 1 aliphatic rings. The monoisotopic (exact) mass is 348 g/mol. The topological polar surface area (TPSA) is 73.5 Å². The van der Waals surface area contributed by atoms with Gasteiger partial charge in [-0.2, -0.15) is 0 Å². The highest BCUT2D eigenvalue weighted by atomic mass is 32.1. The molecule has 24 heavy (non-hydrogen) atoms. The summed E-state index contributed by atoms with van der Waals surface area (Å²) in [5.74, 6) is 0.608. The summed E-state index contributed by atoms with van der Waals surface area (Å²) in [6.07, 6.45) is 0.399. The summed E-state index contributed by atoms with van der Waals surface area (Å²) in [6, 6.07) is 3.98. The Bertz CT molecular complexity index is 709. The van der Waals surface area contributed by atoms with Gasteiger partial charge in [0.15, 0.2) is 5.13 Å². The Kier molecular flexibility index (Phi) is 5.03. The fraction of sp³-hybridized carbons (Fsp3) is 0.529. The van der Waals surface area contributed by atoms with Crippen molar-refractivity contribution in [2.24, 2.45) is 5.73 Å². The molecule has 3 heterocycles. The van der Waals surface area contributed by atoms with Crippen LogP contribution in [0.3, 0.4) is 0 Å². The van der Waals surface area contributed by atoms with Crippen molar-refractivity contribution < 1.29 is 9.47 Å². The number of nitrogens with zero attached hydrogens (tertiary/aromatic N) is 3. The van der Waals surface area contributed by atoms with Gasteiger partial charge in [-0.05, 0) is 26.8 Å². The molecule has 1 saturated heterocycles. The molecule has 6 nitrogen and oxygen atoms in total. The molecule has 0 aromatic carbocycles. The first-order valence-electron chi connectivity index (χ1n) is 8.13. The Hall–Kier alpha value is -1.70. The summed E-state index contributed by atoms with van der Waals surface area (Å²) in [6.45, 7) is 8.25. The maximum Gasteiger partial charge on any atom is 0.213 e. The minimum absolute atomic E-state index is 0.200. The van der Waals surface area contributed by atoms with E-state index in [1.165, 1.54) is 0 Å². The number of thiazole rings is 1. The zero-order valence-electron chi connectivity index (χ0n) is 14.6. The fourth-order valence-corrected chi connectivity index (χ4v) is 4.15. The third kappa shape index (κ3) is 3.53. The van der Waals surface area contributed by atoms with E-state index in [0.29, 0.717) is 12.4 Å². The standard InChI is InChI=1S/C17H24N4O2S/c1-10-5-13(6-15(19-10)22-4)16-14(7-18)20-17(24-16)21-8-11(2)23-12(3)9-21/h5-6,11-12H,7-9,18H2,1-4H3/t11-,12+. The normalized spacial score (nSPS) is 21.1. The molecule has 2 N–H and O–H groups in total. The van der Waals surface area contributed by atoms with Crippen LogP contribution in [-0.4, -0.2) is 42.4 Å². The number of hydrogen-bond acceptors (Lipinski definition) is 7. The van der Waals surface area contributed by atoms with Crippen molar-refractivity contribution in [1.82, 2.24) is 9.97 Å². The average molecular weight is 348 g/mol. The highest BCUT2D eigenvalue weighted by molar-refractivity contribution is 7.19. The van der Waals surface area contributed by atoms with Crippen molar-refractivity contribution in [2.45, 2.75) is 39.5 Å². The van der Waals surface area contributed by atoms with Gasteiger partial charge in [-0.25, -0.2) is 9.97 Å². The lowest BCUT2D eigenvalue weighted by Crippen LogP contribution is -2.45. The summed E-state index contributed by atoms with van der Waals surface area (Å²) in [5, 5.41) is 1.00. The van der Waals surface area contributed by atoms with Crippen LogP contribution in [0.1, 0.15) is 25.2 Å². The number of ether oxygens (including phenoxy) is 2. The number of anilines is 1. The smallest absolute Gasteiger partial charge is 0.213 e. The van der Waals surface area contributed by atoms with Crippen molar-refractivity contribution in [2.75, 3.05) is 25.1 Å². The summed E-state index contributed by atoms with van der Waals surface area (Å²) in [4.78, 5) is 12.5. The Morgan fingerprint density at radius 3 is 2.62 bits per heavy atom. The van der Waals surface area contributed by atoms with Gasteiger partial charge in [-0.1, -0.05) is 11.3 Å². The van der Waals surface area contributed by atoms with E-state index in [9.17, 15) is 0 Å². The lowest BCUT2D eigenvalue weighted by Gasteiger charge is -2.35. The van der Waals surface area contributed by atoms with Gasteiger partial charge in [0.1, 0.15) is 0 Å². The number of rotatable bonds is 4. The largest absolute Gasteiger partial charge is 0.481 e. The van der Waals surface area contributed by atoms with Gasteiger partial charge < -0.3 is 20.1 Å². The summed E-state index contributed by atoms with van der Waals surface area (Å²) >= 11 is 1.67. The van der Waals surface area contributed by atoms with Crippen LogP contribution >= 0.6 is 11.3 Å². The van der Waals surface area contributed by atoms with E-state index >= 15 is 0 Å². The first-order chi connectivity index (χ1) is 11.5. The van der Waals surface area contributed by atoms with E-state index in [4.69, 9.17) is 20.2 Å². The second-order valence-electron chi connectivity index (χ2n) is 6.18. The lowest BCUT2D eigenvalue weighted by molar-refractivity contribution is -0.00523. The molecule has 2 aromatic rings. The Morgan fingerprint density at radius 1 is 1.29 bits per heavy atom. The predicted octanol–water partition coefficient (Wildman–Crippen LogP) is 2.59. The van der Waals surface area contributed by atoms with E-state index in [2.05, 4.69) is 23.7 Å². The maximum absolute atomic E-state index is 5.95. The molecule has 1 fully saturated rings. The number of nitrogens with two attached hydrogens (primary N) is 1. The molecule has 130 valence electrons. The number of methoxy groups -OCH3 is 1. The van der Waals surface area contributed by atoms with Crippen molar-refractivity contribution >= 4 is 16.5 Å². The van der Waals surface area contributed by atoms with E-state index < -0.39 is 0 Å². The van der Waals surface area contributed by atoms with Crippen molar-refractivity contribution in [3.8, 4) is 16.3 Å². The molecule has 2 aromatic heterocycles. The second kappa shape index (κ2) is 7.04. The Balaban J connectivity index is 1.97. The summed E-state index contributed by atoms with van der Waals surface area (Å²) < 4.78 is 11.1. The summed E-state index contributed by atoms with van der Waals surface area (Å²) in [5.41, 5.74) is 8.83. The number of aromatic nitrogens is 2. The zero-order valence-corrected chi connectivity index (χ0v) is 15.4. The first kappa shape index (κ1) is 17.1. The molecule has 0 bridgehead atoms. The van der Waals surface area contributed by atoms with E-state index in [-0.39, 0.29) is 12.2 Å². The van der Waals surface area contributed by atoms with Crippen LogP contribution in [0.4, 0.5) is 5.13 Å². The van der Waals surface area contributed by atoms with E-state index in [1.807, 2.05) is 19.1 Å². The molecular formula is C17H24N4O2S. The van der Waals surface area contributed by atoms with Gasteiger partial charge in [0, 0.05) is 37.0 Å². The summed E-state index contributed by atoms with van der Waals surface area (Å²) in [7, 11) is 1.63. The van der Waals surface area contributed by atoms with Crippen LogP contribution in [0.25, 0.3) is 10.4 Å². The third-order valence-electron chi connectivity index (χ3n) is 3.97. The van der Waals surface area contributed by atoms with Crippen molar-refractivity contribution in [3.63, 3.8) is 0 Å². The molecule has 0 spiro atoms. The van der Waals surface area contributed by atoms with Gasteiger partial charge in [-0.15, -0.1) is 0 Å². The number of aryl methyl sites for hydroxylation is 1. The third-order valence-corrected chi connectivity index (χ3v) is 5.18. The molecule has 0 unspecified atom stereocenters. The average Bonchev–Trinajstić information content (AvgIpc) is 2.97. The quantitative estimate of drug-likeness (QED) is 0.915. The molecule has 7 heteroatoms. The highest BCUT2D eigenvalue weighted by Crippen LogP contribution is 2.37. The lowest BCUT2D eigenvalue weighted by atomic mass is 10.1. The van der Waals surface area contributed by atoms with Gasteiger partial charge in [0.25, 0.3) is 0 Å². The van der Waals surface area contributed by atoms with Gasteiger partial charge in [0.05, 0.1) is 29.9 Å². The van der Waals surface area contributed by atoms with E-state index in [1.54, 1.807) is 18.4 Å². The molecule has 0 saturated carbocycles. The van der Waals surface area contributed by atoms with Crippen LogP contribution in [0, 0.1) is 6.92 Å². The molecule has 0 amide bonds. The zero-order chi connectivity index (χ0) is 17.3. The molecule has 0 radical (unpaired) electrons. The van der Waals surface area contributed by atoms with Crippen LogP contribution in [-0.2, 0) is 11.3 Å². The van der Waals surface area contributed by atoms with Crippen molar-refractivity contribution in [1.29, 1.82) is 0 Å². The number of morpholine rings is 1. The Labute approximate surface area is 146 Å². The molecule has 0 aliphatic carbocycles. The predicted molar refractivity (Wildman–Crippen MR) is 96.7 cm³/mol. The maximum atomic E-state index is 5.95. The van der Waals surface area contributed by atoms with Crippen LogP contribution in [0.2, 0.25) is 0 Å². The number of pyridine rings is 1. The molecular weight excluding hydrogens is 324 g/mol. The SMILES string of the molecule is COc1cc(-c2sc(N3C[C@@H](C)O[C@@H](C)C3)nc2CN)cc(C)n1. The van der Waals surface area contributed by atoms with Crippen LogP contribution < -0.4 is 15.4 Å². The molecule has 2 atom stereocenters. The Morgan fingerprint density at radius 2 is 2.00 bits per heavy atom. The second-order valence-corrected chi connectivity index (χ2v) is 7.16. The van der Waals surface area contributed by atoms with Gasteiger partial charge in [-0.3, -0.25) is 0 Å². The highest BCUT2D eigenvalue weighted by Gasteiger charge is 2.26.